The Hall–Kier alpha value is 0.180. The fraction of sp³-hybridized carbons (Fsp3) is 0.500. The lowest BCUT2D eigenvalue weighted by atomic mass is 10.2. The first-order valence-corrected chi connectivity index (χ1v) is 4.26. The van der Waals surface area contributed by atoms with E-state index >= 15 is 0 Å². The van der Waals surface area contributed by atoms with Crippen LogP contribution in [0.1, 0.15) is 25.7 Å². The molecule has 0 heterocycles. The highest BCUT2D eigenvalue weighted by atomic mass is 32.1. The molecule has 2 heteroatoms. The van der Waals surface area contributed by atoms with Gasteiger partial charge in [-0.25, -0.2) is 0 Å². The van der Waals surface area contributed by atoms with Gasteiger partial charge in [-0.1, -0.05) is 13.2 Å². The number of unbranched alkanes of at least 4 members (excludes halogenated alkanes) is 1. The van der Waals surface area contributed by atoms with Gasteiger partial charge < -0.3 is 0 Å². The quantitative estimate of drug-likeness (QED) is 0.463. The summed E-state index contributed by atoms with van der Waals surface area (Å²) in [6.45, 7) is 7.39. The molecule has 0 bridgehead atoms. The van der Waals surface area contributed by atoms with E-state index in [9.17, 15) is 0 Å². The fourth-order valence-electron chi connectivity index (χ4n) is 0.658. The van der Waals surface area contributed by atoms with E-state index in [-0.39, 0.29) is 0 Å². The zero-order valence-corrected chi connectivity index (χ0v) is 7.93. The summed E-state index contributed by atoms with van der Waals surface area (Å²) in [6.07, 6.45) is 4.29. The number of rotatable bonds is 5. The molecule has 0 aliphatic heterocycles. The van der Waals surface area contributed by atoms with Gasteiger partial charge >= 0.3 is 0 Å². The first kappa shape index (κ1) is 10.2. The van der Waals surface area contributed by atoms with E-state index in [0.29, 0.717) is 0 Å². The third-order valence-electron chi connectivity index (χ3n) is 1.18. The van der Waals surface area contributed by atoms with Gasteiger partial charge in [-0.05, 0) is 35.5 Å². The minimum absolute atomic E-state index is 0.963. The Balaban J connectivity index is 3.06. The Morgan fingerprint density at radius 1 is 0.900 bits per heavy atom. The van der Waals surface area contributed by atoms with Gasteiger partial charge in [-0.15, -0.1) is 25.3 Å². The average Bonchev–Trinajstić information content (AvgIpc) is 1.79. The molecule has 10 heavy (non-hydrogen) atoms. The highest BCUT2D eigenvalue weighted by Crippen LogP contribution is 2.13. The van der Waals surface area contributed by atoms with Crippen LogP contribution < -0.4 is 0 Å². The zero-order chi connectivity index (χ0) is 7.98. The fourth-order valence-corrected chi connectivity index (χ4v) is 0.974. The Morgan fingerprint density at radius 3 is 1.40 bits per heavy atom. The van der Waals surface area contributed by atoms with Crippen molar-refractivity contribution in [1.82, 2.24) is 0 Å². The van der Waals surface area contributed by atoms with Gasteiger partial charge in [-0.3, -0.25) is 0 Å². The second-order valence-corrected chi connectivity index (χ2v) is 3.60. The molecule has 0 saturated carbocycles. The van der Waals surface area contributed by atoms with Gasteiger partial charge in [-0.2, -0.15) is 0 Å². The molecular weight excluding hydrogens is 160 g/mol. The maximum Gasteiger partial charge on any atom is -0.0227 e. The molecule has 0 amide bonds. The van der Waals surface area contributed by atoms with Crippen LogP contribution in [0, 0.1) is 0 Å². The number of thiol groups is 2. The van der Waals surface area contributed by atoms with Crippen LogP contribution in [0.5, 0.6) is 0 Å². The van der Waals surface area contributed by atoms with Crippen LogP contribution >= 0.6 is 25.3 Å². The van der Waals surface area contributed by atoms with Crippen molar-refractivity contribution in [1.29, 1.82) is 0 Å². The summed E-state index contributed by atoms with van der Waals surface area (Å²) in [5.74, 6) is 0. The summed E-state index contributed by atoms with van der Waals surface area (Å²) in [7, 11) is 0. The molecule has 0 aromatic heterocycles. The molecule has 0 spiro atoms. The highest BCUT2D eigenvalue weighted by Gasteiger charge is 1.90. The summed E-state index contributed by atoms with van der Waals surface area (Å²) >= 11 is 8.17. The lowest BCUT2D eigenvalue weighted by Gasteiger charge is -1.98. The third kappa shape index (κ3) is 8.18. The topological polar surface area (TPSA) is 0 Å². The van der Waals surface area contributed by atoms with Crippen molar-refractivity contribution in [2.24, 2.45) is 0 Å². The SMILES string of the molecule is C=C(S)CCCCC(=C)S. The number of hydrogen-bond donors (Lipinski definition) is 2. The molecule has 0 aromatic carbocycles. The maximum atomic E-state index is 4.09. The van der Waals surface area contributed by atoms with Crippen molar-refractivity contribution >= 4 is 25.3 Å². The van der Waals surface area contributed by atoms with E-state index in [0.717, 1.165) is 35.5 Å². The van der Waals surface area contributed by atoms with E-state index in [1.165, 1.54) is 0 Å². The molecule has 0 unspecified atom stereocenters. The first-order valence-electron chi connectivity index (χ1n) is 3.36. The third-order valence-corrected chi connectivity index (χ3v) is 1.63. The summed E-state index contributed by atoms with van der Waals surface area (Å²) in [5.41, 5.74) is 0. The van der Waals surface area contributed by atoms with Gasteiger partial charge in [0.05, 0.1) is 0 Å². The minimum atomic E-state index is 0.963. The summed E-state index contributed by atoms with van der Waals surface area (Å²) < 4.78 is 0. The van der Waals surface area contributed by atoms with E-state index in [4.69, 9.17) is 0 Å². The van der Waals surface area contributed by atoms with Crippen LogP contribution in [0.3, 0.4) is 0 Å². The Morgan fingerprint density at radius 2 is 1.20 bits per heavy atom. The zero-order valence-electron chi connectivity index (χ0n) is 6.14. The van der Waals surface area contributed by atoms with Gasteiger partial charge in [0.2, 0.25) is 0 Å². The van der Waals surface area contributed by atoms with Crippen molar-refractivity contribution in [3.8, 4) is 0 Å². The van der Waals surface area contributed by atoms with Crippen LogP contribution in [0.15, 0.2) is 23.0 Å². The molecule has 0 rings (SSSR count). The van der Waals surface area contributed by atoms with Crippen molar-refractivity contribution < 1.29 is 0 Å². The van der Waals surface area contributed by atoms with E-state index < -0.39 is 0 Å². The predicted molar refractivity (Wildman–Crippen MR) is 54.7 cm³/mol. The van der Waals surface area contributed by atoms with Crippen LogP contribution in [-0.4, -0.2) is 0 Å². The lowest BCUT2D eigenvalue weighted by molar-refractivity contribution is 0.756. The average molecular weight is 174 g/mol. The number of hydrogen-bond acceptors (Lipinski definition) is 2. The van der Waals surface area contributed by atoms with Crippen LogP contribution in [0.25, 0.3) is 0 Å². The monoisotopic (exact) mass is 174 g/mol. The molecule has 0 aliphatic carbocycles. The molecular formula is C8H14S2. The lowest BCUT2D eigenvalue weighted by Crippen LogP contribution is -1.76. The predicted octanol–water partition coefficient (Wildman–Crippen LogP) is 3.43. The largest absolute Gasteiger partial charge is 0.149 e. The van der Waals surface area contributed by atoms with Gasteiger partial charge in [0.25, 0.3) is 0 Å². The van der Waals surface area contributed by atoms with Crippen molar-refractivity contribution in [3.05, 3.63) is 23.0 Å². The first-order chi connectivity index (χ1) is 4.63. The maximum absolute atomic E-state index is 4.09. The van der Waals surface area contributed by atoms with Gasteiger partial charge in [0.1, 0.15) is 0 Å². The van der Waals surface area contributed by atoms with Crippen molar-refractivity contribution in [2.45, 2.75) is 25.7 Å². The Labute approximate surface area is 74.2 Å². The Kier molecular flexibility index (Phi) is 6.03. The Bertz CT molecular complexity index is 111. The molecule has 0 fully saturated rings. The molecule has 0 aliphatic rings. The molecule has 0 N–H and O–H groups in total. The van der Waals surface area contributed by atoms with Crippen LogP contribution in [0.4, 0.5) is 0 Å². The second kappa shape index (κ2) is 5.93. The van der Waals surface area contributed by atoms with Crippen molar-refractivity contribution in [2.75, 3.05) is 0 Å². The second-order valence-electron chi connectivity index (χ2n) is 2.34. The smallest absolute Gasteiger partial charge is 0.0227 e. The molecule has 0 aromatic rings. The summed E-state index contributed by atoms with van der Waals surface area (Å²) in [5, 5.41) is 0. The van der Waals surface area contributed by atoms with Crippen LogP contribution in [-0.2, 0) is 0 Å². The normalized spacial score (nSPS) is 9.40. The summed E-state index contributed by atoms with van der Waals surface area (Å²) in [4.78, 5) is 1.93. The van der Waals surface area contributed by atoms with Gasteiger partial charge in [0.15, 0.2) is 0 Å². The molecule has 0 radical (unpaired) electrons. The van der Waals surface area contributed by atoms with E-state index in [2.05, 4.69) is 38.4 Å². The van der Waals surface area contributed by atoms with Crippen molar-refractivity contribution in [3.63, 3.8) is 0 Å². The van der Waals surface area contributed by atoms with Gasteiger partial charge in [0, 0.05) is 0 Å². The summed E-state index contributed by atoms with van der Waals surface area (Å²) in [6, 6.07) is 0. The molecule has 0 nitrogen and oxygen atoms in total. The van der Waals surface area contributed by atoms with E-state index in [1.807, 2.05) is 0 Å². The minimum Gasteiger partial charge on any atom is -0.149 e. The standard InChI is InChI=1S/C8H14S2/c1-7(9)5-3-4-6-8(2)10/h9-10H,1-6H2. The highest BCUT2D eigenvalue weighted by molar-refractivity contribution is 7.84. The molecule has 0 saturated heterocycles. The molecule has 58 valence electrons. The van der Waals surface area contributed by atoms with Crippen LogP contribution in [0.2, 0.25) is 0 Å². The number of allylic oxidation sites excluding steroid dienone is 2. The molecule has 0 atom stereocenters. The van der Waals surface area contributed by atoms with E-state index in [1.54, 1.807) is 0 Å².